The first-order chi connectivity index (χ1) is 7.97. The predicted molar refractivity (Wildman–Crippen MR) is 64.1 cm³/mol. The van der Waals surface area contributed by atoms with Gasteiger partial charge in [-0.05, 0) is 13.0 Å². The lowest BCUT2D eigenvalue weighted by Gasteiger charge is -2.12. The molecule has 1 amide bonds. The number of nitro groups is 1. The number of hydrogen-bond donors (Lipinski definition) is 2. The summed E-state index contributed by atoms with van der Waals surface area (Å²) in [6.45, 7) is 1.94. The standard InChI is InChI=1S/C10H12ClN3O3/c1-6(5-12)13-10(15)9-7(11)3-2-4-8(9)14(16)17/h2-4,6H,5,12H2,1H3,(H,13,15)/t6-/m1/s1. The molecule has 3 N–H and O–H groups in total. The molecule has 0 saturated carbocycles. The van der Waals surface area contributed by atoms with E-state index in [2.05, 4.69) is 5.32 Å². The molecule has 0 aliphatic carbocycles. The first-order valence-electron chi connectivity index (χ1n) is 4.91. The molecule has 1 aromatic carbocycles. The van der Waals surface area contributed by atoms with E-state index < -0.39 is 10.8 Å². The van der Waals surface area contributed by atoms with E-state index in [0.29, 0.717) is 0 Å². The minimum absolute atomic E-state index is 0.0425. The molecular weight excluding hydrogens is 246 g/mol. The molecule has 0 aliphatic heterocycles. The van der Waals surface area contributed by atoms with Crippen LogP contribution in [0.3, 0.4) is 0 Å². The van der Waals surface area contributed by atoms with Gasteiger partial charge in [0.1, 0.15) is 5.56 Å². The van der Waals surface area contributed by atoms with Gasteiger partial charge < -0.3 is 11.1 Å². The summed E-state index contributed by atoms with van der Waals surface area (Å²) in [4.78, 5) is 21.9. The lowest BCUT2D eigenvalue weighted by Crippen LogP contribution is -2.38. The highest BCUT2D eigenvalue weighted by atomic mass is 35.5. The molecule has 6 nitrogen and oxygen atoms in total. The second-order valence-electron chi connectivity index (χ2n) is 3.50. The Morgan fingerprint density at radius 3 is 2.82 bits per heavy atom. The monoisotopic (exact) mass is 257 g/mol. The average molecular weight is 258 g/mol. The molecule has 0 radical (unpaired) electrons. The third-order valence-corrected chi connectivity index (χ3v) is 2.46. The zero-order valence-corrected chi connectivity index (χ0v) is 9.90. The normalized spacial score (nSPS) is 11.9. The van der Waals surface area contributed by atoms with Crippen molar-refractivity contribution < 1.29 is 9.72 Å². The van der Waals surface area contributed by atoms with Crippen molar-refractivity contribution in [2.75, 3.05) is 6.54 Å². The second kappa shape index (κ2) is 5.60. The minimum Gasteiger partial charge on any atom is -0.348 e. The van der Waals surface area contributed by atoms with Crippen LogP contribution in [0.25, 0.3) is 0 Å². The van der Waals surface area contributed by atoms with Crippen LogP contribution in [0.15, 0.2) is 18.2 Å². The molecule has 0 heterocycles. The van der Waals surface area contributed by atoms with Crippen LogP contribution in [-0.4, -0.2) is 23.4 Å². The van der Waals surface area contributed by atoms with Crippen LogP contribution in [0.4, 0.5) is 5.69 Å². The van der Waals surface area contributed by atoms with E-state index >= 15 is 0 Å². The van der Waals surface area contributed by atoms with E-state index in [0.717, 1.165) is 0 Å². The van der Waals surface area contributed by atoms with Gasteiger partial charge in [0, 0.05) is 18.7 Å². The number of hydrogen-bond acceptors (Lipinski definition) is 4. The highest BCUT2D eigenvalue weighted by Gasteiger charge is 2.23. The molecule has 0 saturated heterocycles. The maximum Gasteiger partial charge on any atom is 0.283 e. The minimum atomic E-state index is -0.645. The SMILES string of the molecule is C[C@H](CN)NC(=O)c1c(Cl)cccc1[N+](=O)[O-]. The molecule has 0 unspecified atom stereocenters. The van der Waals surface area contributed by atoms with Crippen LogP contribution >= 0.6 is 11.6 Å². The number of nitro benzene ring substituents is 1. The van der Waals surface area contributed by atoms with Crippen molar-refractivity contribution >= 4 is 23.2 Å². The Labute approximate surface area is 103 Å². The summed E-state index contributed by atoms with van der Waals surface area (Å²) >= 11 is 5.80. The van der Waals surface area contributed by atoms with Crippen molar-refractivity contribution in [1.29, 1.82) is 0 Å². The maximum atomic E-state index is 11.8. The summed E-state index contributed by atoms with van der Waals surface area (Å²) in [5.41, 5.74) is 4.89. The van der Waals surface area contributed by atoms with E-state index in [1.54, 1.807) is 6.92 Å². The van der Waals surface area contributed by atoms with Crippen molar-refractivity contribution in [2.24, 2.45) is 5.73 Å². The highest BCUT2D eigenvalue weighted by molar-refractivity contribution is 6.34. The van der Waals surface area contributed by atoms with Gasteiger partial charge in [0.05, 0.1) is 9.95 Å². The predicted octanol–water partition coefficient (Wildman–Crippen LogP) is 1.33. The Bertz CT molecular complexity index is 450. The zero-order chi connectivity index (χ0) is 13.0. The van der Waals surface area contributed by atoms with E-state index in [-0.39, 0.29) is 28.9 Å². The Hall–Kier alpha value is -1.66. The van der Waals surface area contributed by atoms with Crippen LogP contribution in [0.1, 0.15) is 17.3 Å². The average Bonchev–Trinajstić information content (AvgIpc) is 2.28. The topological polar surface area (TPSA) is 98.3 Å². The van der Waals surface area contributed by atoms with Crippen molar-refractivity contribution in [3.63, 3.8) is 0 Å². The van der Waals surface area contributed by atoms with Crippen molar-refractivity contribution in [1.82, 2.24) is 5.32 Å². The van der Waals surface area contributed by atoms with Gasteiger partial charge in [-0.3, -0.25) is 14.9 Å². The third-order valence-electron chi connectivity index (χ3n) is 2.15. The molecule has 92 valence electrons. The first-order valence-corrected chi connectivity index (χ1v) is 5.29. The number of carbonyl (C=O) groups is 1. The number of amides is 1. The summed E-state index contributed by atoms with van der Waals surface area (Å²) in [7, 11) is 0. The van der Waals surface area contributed by atoms with Gasteiger partial charge >= 0.3 is 0 Å². The fourth-order valence-corrected chi connectivity index (χ4v) is 1.50. The number of nitrogens with zero attached hydrogens (tertiary/aromatic N) is 1. The van der Waals surface area contributed by atoms with Crippen molar-refractivity contribution in [3.8, 4) is 0 Å². The van der Waals surface area contributed by atoms with Gasteiger partial charge in [-0.2, -0.15) is 0 Å². The molecule has 0 aliphatic rings. The summed E-state index contributed by atoms with van der Waals surface area (Å²) in [6.07, 6.45) is 0. The second-order valence-corrected chi connectivity index (χ2v) is 3.91. The number of benzene rings is 1. The largest absolute Gasteiger partial charge is 0.348 e. The zero-order valence-electron chi connectivity index (χ0n) is 9.14. The highest BCUT2D eigenvalue weighted by Crippen LogP contribution is 2.25. The summed E-state index contributed by atoms with van der Waals surface area (Å²) in [6, 6.07) is 3.80. The molecular formula is C10H12ClN3O3. The summed E-state index contributed by atoms with van der Waals surface area (Å²) in [5.74, 6) is -0.597. The fraction of sp³-hybridized carbons (Fsp3) is 0.300. The van der Waals surface area contributed by atoms with Crippen LogP contribution in [0.2, 0.25) is 5.02 Å². The van der Waals surface area contributed by atoms with Gasteiger partial charge in [0.2, 0.25) is 0 Å². The Morgan fingerprint density at radius 2 is 2.29 bits per heavy atom. The summed E-state index contributed by atoms with van der Waals surface area (Å²) < 4.78 is 0. The van der Waals surface area contributed by atoms with Gasteiger partial charge in [-0.15, -0.1) is 0 Å². The van der Waals surface area contributed by atoms with Crippen LogP contribution in [0, 0.1) is 10.1 Å². The quantitative estimate of drug-likeness (QED) is 0.628. The third kappa shape index (κ3) is 3.15. The van der Waals surface area contributed by atoms with E-state index in [4.69, 9.17) is 17.3 Å². The molecule has 0 aromatic heterocycles. The maximum absolute atomic E-state index is 11.8. The molecule has 17 heavy (non-hydrogen) atoms. The van der Waals surface area contributed by atoms with E-state index in [1.807, 2.05) is 0 Å². The number of carbonyl (C=O) groups excluding carboxylic acids is 1. The van der Waals surface area contributed by atoms with Gasteiger partial charge in [0.25, 0.3) is 11.6 Å². The smallest absolute Gasteiger partial charge is 0.283 e. The van der Waals surface area contributed by atoms with Crippen LogP contribution in [0.5, 0.6) is 0 Å². The molecule has 0 fully saturated rings. The first kappa shape index (κ1) is 13.4. The number of halogens is 1. The van der Waals surface area contributed by atoms with Gasteiger partial charge in [-0.25, -0.2) is 0 Å². The van der Waals surface area contributed by atoms with Gasteiger partial charge in [-0.1, -0.05) is 17.7 Å². The van der Waals surface area contributed by atoms with E-state index in [1.165, 1.54) is 18.2 Å². The molecule has 7 heteroatoms. The Kier molecular flexibility index (Phi) is 4.42. The van der Waals surface area contributed by atoms with E-state index in [9.17, 15) is 14.9 Å². The van der Waals surface area contributed by atoms with Crippen molar-refractivity contribution in [3.05, 3.63) is 38.9 Å². The Morgan fingerprint density at radius 1 is 1.65 bits per heavy atom. The van der Waals surface area contributed by atoms with Crippen LogP contribution in [-0.2, 0) is 0 Å². The van der Waals surface area contributed by atoms with Gasteiger partial charge in [0.15, 0.2) is 0 Å². The molecule has 0 spiro atoms. The number of rotatable bonds is 4. The molecule has 0 bridgehead atoms. The molecule has 1 aromatic rings. The van der Waals surface area contributed by atoms with Crippen LogP contribution < -0.4 is 11.1 Å². The number of nitrogens with two attached hydrogens (primary N) is 1. The lowest BCUT2D eigenvalue weighted by molar-refractivity contribution is -0.385. The van der Waals surface area contributed by atoms with Crippen molar-refractivity contribution in [2.45, 2.75) is 13.0 Å². The molecule has 1 rings (SSSR count). The number of nitrogens with one attached hydrogen (secondary N) is 1. The lowest BCUT2D eigenvalue weighted by atomic mass is 10.1. The Balaban J connectivity index is 3.11. The molecule has 1 atom stereocenters. The fourth-order valence-electron chi connectivity index (χ4n) is 1.24. The summed E-state index contributed by atoms with van der Waals surface area (Å²) in [5, 5.41) is 13.3.